The number of thiophene rings is 4. The SMILES string of the molecule is CCCCCCc1cc(-c2c3nsnc3c(-c3cc(CCCCCC)c(Br)s3)c3nc(-c4cccs4)c(-c4cccs4)nc23)sc1Br. The maximum atomic E-state index is 5.57. The normalized spacial score (nSPS) is 11.8. The van der Waals surface area contributed by atoms with Crippen molar-refractivity contribution in [2.24, 2.45) is 0 Å². The number of fused-ring (bicyclic) bond motifs is 2. The molecule has 0 saturated carbocycles. The van der Waals surface area contributed by atoms with Gasteiger partial charge in [-0.1, -0.05) is 64.5 Å². The molecule has 6 heterocycles. The average Bonchev–Trinajstić information content (AvgIpc) is 3.92. The van der Waals surface area contributed by atoms with Gasteiger partial charge in [0, 0.05) is 20.9 Å². The van der Waals surface area contributed by atoms with E-state index < -0.39 is 0 Å². The van der Waals surface area contributed by atoms with Gasteiger partial charge in [-0.05, 0) is 104 Å². The molecule has 7 aromatic rings. The molecule has 7 rings (SSSR count). The largest absolute Gasteiger partial charge is 0.242 e. The van der Waals surface area contributed by atoms with E-state index >= 15 is 0 Å². The number of nitrogens with zero attached hydrogens (tertiary/aromatic N) is 4. The van der Waals surface area contributed by atoms with E-state index in [9.17, 15) is 0 Å². The third-order valence-corrected chi connectivity index (χ3v) is 14.7. The van der Waals surface area contributed by atoms with E-state index in [0.29, 0.717) is 0 Å². The molecule has 0 spiro atoms. The molecule has 11 heteroatoms. The van der Waals surface area contributed by atoms with Crippen LogP contribution < -0.4 is 0 Å². The maximum Gasteiger partial charge on any atom is 0.116 e. The number of rotatable bonds is 14. The highest BCUT2D eigenvalue weighted by molar-refractivity contribution is 9.11. The molecule has 0 unspecified atom stereocenters. The zero-order valence-electron chi connectivity index (χ0n) is 26.3. The Morgan fingerprint density at radius 1 is 0.574 bits per heavy atom. The summed E-state index contributed by atoms with van der Waals surface area (Å²) in [6.45, 7) is 4.53. The van der Waals surface area contributed by atoms with Crippen LogP contribution in [0.4, 0.5) is 0 Å². The van der Waals surface area contributed by atoms with Gasteiger partial charge in [0.1, 0.15) is 33.5 Å². The van der Waals surface area contributed by atoms with Gasteiger partial charge in [0.05, 0.1) is 29.1 Å². The first-order chi connectivity index (χ1) is 23.1. The topological polar surface area (TPSA) is 51.6 Å². The molecule has 242 valence electrons. The minimum Gasteiger partial charge on any atom is -0.242 e. The molecule has 0 aliphatic heterocycles. The lowest BCUT2D eigenvalue weighted by Gasteiger charge is -2.14. The molecule has 0 saturated heterocycles. The van der Waals surface area contributed by atoms with Crippen molar-refractivity contribution < 1.29 is 0 Å². The molecule has 0 fully saturated rings. The molecular formula is C36H34Br2N4S5. The van der Waals surface area contributed by atoms with Crippen molar-refractivity contribution in [3.8, 4) is 42.0 Å². The highest BCUT2D eigenvalue weighted by Gasteiger charge is 2.27. The summed E-state index contributed by atoms with van der Waals surface area (Å²) in [5, 5.41) is 4.23. The molecular weight excluding hydrogens is 809 g/mol. The Morgan fingerprint density at radius 3 is 1.45 bits per heavy atom. The molecule has 47 heavy (non-hydrogen) atoms. The van der Waals surface area contributed by atoms with Crippen molar-refractivity contribution in [2.75, 3.05) is 0 Å². The number of hydrogen-bond acceptors (Lipinski definition) is 9. The van der Waals surface area contributed by atoms with Gasteiger partial charge in [-0.3, -0.25) is 0 Å². The van der Waals surface area contributed by atoms with Crippen molar-refractivity contribution >= 4 is 111 Å². The Labute approximate surface area is 313 Å². The molecule has 0 amide bonds. The van der Waals surface area contributed by atoms with E-state index in [4.69, 9.17) is 18.7 Å². The monoisotopic (exact) mass is 840 g/mol. The first-order valence-electron chi connectivity index (χ1n) is 16.2. The minimum atomic E-state index is 0.893. The van der Waals surface area contributed by atoms with Gasteiger partial charge in [-0.15, -0.1) is 45.3 Å². The molecule has 0 N–H and O–H groups in total. The van der Waals surface area contributed by atoms with Crippen molar-refractivity contribution in [2.45, 2.75) is 78.1 Å². The van der Waals surface area contributed by atoms with Crippen molar-refractivity contribution in [1.29, 1.82) is 0 Å². The first-order valence-corrected chi connectivity index (χ1v) is 21.9. The smallest absolute Gasteiger partial charge is 0.116 e. The molecule has 0 atom stereocenters. The van der Waals surface area contributed by atoms with Crippen LogP contribution in [0.3, 0.4) is 0 Å². The second-order valence-electron chi connectivity index (χ2n) is 11.7. The standard InChI is InChI=1S/C36H34Br2N4S5/c1-3-5-7-9-13-21-19-25(45-35(21)37)27-31-32(40-30(24-16-12-18-44-24)29(39-31)23-15-11-17-43-23)28(34-33(27)41-47-42-34)26-20-22(36(38)46-26)14-10-8-6-4-2/h11-12,15-20H,3-10,13-14H2,1-2H3. The summed E-state index contributed by atoms with van der Waals surface area (Å²) in [4.78, 5) is 15.7. The summed E-state index contributed by atoms with van der Waals surface area (Å²) in [5.74, 6) is 0. The lowest BCUT2D eigenvalue weighted by atomic mass is 9.99. The quantitative estimate of drug-likeness (QED) is 0.102. The number of benzene rings is 1. The number of hydrogen-bond donors (Lipinski definition) is 0. The van der Waals surface area contributed by atoms with Gasteiger partial charge >= 0.3 is 0 Å². The lowest BCUT2D eigenvalue weighted by Crippen LogP contribution is -1.98. The summed E-state index contributed by atoms with van der Waals surface area (Å²) < 4.78 is 12.3. The number of unbranched alkanes of at least 4 members (excludes halogenated alkanes) is 6. The fourth-order valence-electron chi connectivity index (χ4n) is 6.05. The highest BCUT2D eigenvalue weighted by Crippen LogP contribution is 2.49. The van der Waals surface area contributed by atoms with Crippen LogP contribution in [0.15, 0.2) is 54.7 Å². The van der Waals surface area contributed by atoms with Gasteiger partial charge in [0.25, 0.3) is 0 Å². The van der Waals surface area contributed by atoms with Crippen molar-refractivity contribution in [3.05, 3.63) is 65.9 Å². The van der Waals surface area contributed by atoms with E-state index in [1.165, 1.54) is 81.8 Å². The van der Waals surface area contributed by atoms with Gasteiger partial charge in [0.15, 0.2) is 0 Å². The predicted octanol–water partition coefficient (Wildman–Crippen LogP) is 14.3. The van der Waals surface area contributed by atoms with Crippen molar-refractivity contribution in [3.63, 3.8) is 0 Å². The summed E-state index contributed by atoms with van der Waals surface area (Å²) in [6.07, 6.45) is 12.0. The fourth-order valence-corrected chi connectivity index (χ4v) is 11.7. The van der Waals surface area contributed by atoms with Gasteiger partial charge < -0.3 is 0 Å². The Balaban J connectivity index is 1.48. The van der Waals surface area contributed by atoms with Crippen LogP contribution in [0.25, 0.3) is 64.1 Å². The third kappa shape index (κ3) is 6.96. The second-order valence-corrected chi connectivity index (χ2v) is 18.9. The Morgan fingerprint density at radius 2 is 1.04 bits per heavy atom. The molecule has 0 aliphatic rings. The summed E-state index contributed by atoms with van der Waals surface area (Å²) in [5.41, 5.74) is 10.2. The molecule has 6 aromatic heterocycles. The van der Waals surface area contributed by atoms with Crippen LogP contribution in [0.1, 0.15) is 76.3 Å². The van der Waals surface area contributed by atoms with E-state index in [0.717, 1.165) is 76.9 Å². The molecule has 1 aromatic carbocycles. The molecule has 0 radical (unpaired) electrons. The van der Waals surface area contributed by atoms with Gasteiger partial charge in [-0.25, -0.2) is 9.97 Å². The Kier molecular flexibility index (Phi) is 11.0. The predicted molar refractivity (Wildman–Crippen MR) is 215 cm³/mol. The Hall–Kier alpha value is -1.86. The number of aryl methyl sites for hydroxylation is 2. The van der Waals surface area contributed by atoms with Gasteiger partial charge in [0.2, 0.25) is 0 Å². The number of halogens is 2. The lowest BCUT2D eigenvalue weighted by molar-refractivity contribution is 0.667. The first kappa shape index (κ1) is 33.6. The van der Waals surface area contributed by atoms with Crippen LogP contribution >= 0.6 is 88.9 Å². The fraction of sp³-hybridized carbons (Fsp3) is 0.333. The van der Waals surface area contributed by atoms with E-state index in [1.54, 1.807) is 45.3 Å². The minimum absolute atomic E-state index is 0.893. The second kappa shape index (κ2) is 15.4. The highest BCUT2D eigenvalue weighted by atomic mass is 79.9. The summed E-state index contributed by atoms with van der Waals surface area (Å²) in [6, 6.07) is 13.2. The summed E-state index contributed by atoms with van der Waals surface area (Å²) >= 11 is 16.1. The van der Waals surface area contributed by atoms with Crippen LogP contribution in [0.2, 0.25) is 0 Å². The van der Waals surface area contributed by atoms with E-state index in [2.05, 4.69) is 92.9 Å². The zero-order valence-corrected chi connectivity index (χ0v) is 33.5. The maximum absolute atomic E-state index is 5.57. The molecule has 4 nitrogen and oxygen atoms in total. The van der Waals surface area contributed by atoms with E-state index in [1.807, 2.05) is 0 Å². The summed E-state index contributed by atoms with van der Waals surface area (Å²) in [7, 11) is 0. The van der Waals surface area contributed by atoms with Crippen LogP contribution in [0, 0.1) is 0 Å². The molecule has 0 aliphatic carbocycles. The van der Waals surface area contributed by atoms with Gasteiger partial charge in [-0.2, -0.15) is 8.75 Å². The van der Waals surface area contributed by atoms with Crippen LogP contribution in [0.5, 0.6) is 0 Å². The molecule has 0 bridgehead atoms. The number of aromatic nitrogens is 4. The van der Waals surface area contributed by atoms with Crippen molar-refractivity contribution in [1.82, 2.24) is 18.7 Å². The average molecular weight is 843 g/mol. The van der Waals surface area contributed by atoms with Crippen LogP contribution in [-0.4, -0.2) is 18.7 Å². The Bertz CT molecular complexity index is 1960. The van der Waals surface area contributed by atoms with Crippen LogP contribution in [-0.2, 0) is 12.8 Å². The van der Waals surface area contributed by atoms with E-state index in [-0.39, 0.29) is 0 Å². The third-order valence-electron chi connectivity index (χ3n) is 8.45. The zero-order chi connectivity index (χ0) is 32.3.